The quantitative estimate of drug-likeness (QED) is 0.0912. The van der Waals surface area contributed by atoms with Crippen molar-refractivity contribution in [3.8, 4) is 17.6 Å². The molecule has 6 bridgehead atoms. The zero-order valence-corrected chi connectivity index (χ0v) is 40.1. The standard InChI is InChI=1S/C56H76N2O10/c1-4-5-12-49(62)50(63)27-22-42-21-20-41-10-7-6-9-40(41)11-8-29-56(55(3,68)33-38-18-23-43(60)24-19-38)34-39-16-14-37(15-17-39)30-52(65)45-25-13-36(2)57-54(47(45)32-53(66)67)51(64)28-26-48(58-56)46(42)31-44(61)35-59/h6-7,9-10,14-19,22-24,27,36,44-45,47-52,54,57-65,68H,4-5,12-13,20-21,25-26,28-35H2,1-3H3,(H,66,67)/b27-22+,46-42+/t36-,44-,45+,47+,48+,49-,50+,51+,52+,54+,55-,56+/m0/s1. The Kier molecular flexibility index (Phi) is 19.0. The number of benzene rings is 3. The maximum Gasteiger partial charge on any atom is 0.303 e. The number of carboxylic acids is 1. The highest BCUT2D eigenvalue weighted by Gasteiger charge is 2.49. The monoisotopic (exact) mass is 937 g/mol. The molecule has 0 spiro atoms. The first-order valence-electron chi connectivity index (χ1n) is 24.8. The first-order valence-corrected chi connectivity index (χ1v) is 24.8. The number of aliphatic hydroxyl groups is 7. The van der Waals surface area contributed by atoms with E-state index in [1.54, 1.807) is 43.3 Å². The van der Waals surface area contributed by atoms with Crippen LogP contribution >= 0.6 is 0 Å². The van der Waals surface area contributed by atoms with Crippen molar-refractivity contribution in [2.45, 2.75) is 177 Å². The fourth-order valence-electron chi connectivity index (χ4n) is 10.9. The molecule has 370 valence electrons. The van der Waals surface area contributed by atoms with Gasteiger partial charge in [0, 0.05) is 36.5 Å². The maximum atomic E-state index is 13.4. The molecule has 0 aromatic heterocycles. The van der Waals surface area contributed by atoms with Crippen molar-refractivity contribution in [2.24, 2.45) is 11.8 Å². The van der Waals surface area contributed by atoms with Gasteiger partial charge in [-0.3, -0.25) is 4.79 Å². The van der Waals surface area contributed by atoms with Crippen LogP contribution in [0, 0.1) is 23.7 Å². The van der Waals surface area contributed by atoms with Crippen LogP contribution in [0.25, 0.3) is 0 Å². The number of allylic oxidation sites excluding steroid dienone is 2. The second-order valence-electron chi connectivity index (χ2n) is 20.2. The van der Waals surface area contributed by atoms with Crippen LogP contribution in [0.3, 0.4) is 0 Å². The molecule has 0 amide bonds. The average Bonchev–Trinajstić information content (AvgIpc) is 3.47. The zero-order chi connectivity index (χ0) is 49.0. The molecule has 12 heteroatoms. The van der Waals surface area contributed by atoms with Gasteiger partial charge in [0.2, 0.25) is 0 Å². The second kappa shape index (κ2) is 24.4. The lowest BCUT2D eigenvalue weighted by molar-refractivity contribution is -0.139. The molecule has 0 unspecified atom stereocenters. The Morgan fingerprint density at radius 3 is 2.37 bits per heavy atom. The predicted molar refractivity (Wildman–Crippen MR) is 264 cm³/mol. The summed E-state index contributed by atoms with van der Waals surface area (Å²) in [6.45, 7) is 5.25. The van der Waals surface area contributed by atoms with Crippen molar-refractivity contribution in [3.63, 3.8) is 0 Å². The number of aliphatic hydroxyl groups excluding tert-OH is 6. The number of fused-ring (bicyclic) bond motifs is 6. The van der Waals surface area contributed by atoms with Gasteiger partial charge in [0.15, 0.2) is 0 Å². The van der Waals surface area contributed by atoms with Gasteiger partial charge in [0.25, 0.3) is 0 Å². The minimum atomic E-state index is -1.59. The van der Waals surface area contributed by atoms with Gasteiger partial charge in [-0.15, -0.1) is 0 Å². The van der Waals surface area contributed by atoms with E-state index in [4.69, 9.17) is 0 Å². The van der Waals surface area contributed by atoms with Crippen LogP contribution in [0.5, 0.6) is 5.75 Å². The van der Waals surface area contributed by atoms with E-state index in [1.165, 1.54) is 0 Å². The fraction of sp³-hybridized carbons (Fsp3) is 0.554. The molecule has 4 aliphatic heterocycles. The highest BCUT2D eigenvalue weighted by atomic mass is 16.4. The number of aliphatic carboxylic acids is 1. The predicted octanol–water partition coefficient (Wildman–Crippen LogP) is 5.43. The van der Waals surface area contributed by atoms with E-state index in [2.05, 4.69) is 22.5 Å². The Morgan fingerprint density at radius 2 is 1.66 bits per heavy atom. The zero-order valence-electron chi connectivity index (χ0n) is 40.1. The Morgan fingerprint density at radius 1 is 0.941 bits per heavy atom. The van der Waals surface area contributed by atoms with Crippen molar-refractivity contribution in [1.29, 1.82) is 0 Å². The van der Waals surface area contributed by atoms with E-state index in [1.807, 2.05) is 62.4 Å². The number of phenols is 1. The van der Waals surface area contributed by atoms with Crippen molar-refractivity contribution in [3.05, 3.63) is 124 Å². The smallest absolute Gasteiger partial charge is 0.303 e. The summed E-state index contributed by atoms with van der Waals surface area (Å²) in [5, 5.41) is 110. The third-order valence-electron chi connectivity index (χ3n) is 15.0. The lowest BCUT2D eigenvalue weighted by Crippen LogP contribution is -2.66. The fourth-order valence-corrected chi connectivity index (χ4v) is 10.9. The average molecular weight is 937 g/mol. The summed E-state index contributed by atoms with van der Waals surface area (Å²) in [5.74, 6) is 4.95. The van der Waals surface area contributed by atoms with Gasteiger partial charge in [-0.05, 0) is 141 Å². The van der Waals surface area contributed by atoms with Gasteiger partial charge < -0.3 is 56.6 Å². The minimum absolute atomic E-state index is 0.0226. The van der Waals surface area contributed by atoms with Crippen molar-refractivity contribution in [1.82, 2.24) is 10.6 Å². The van der Waals surface area contributed by atoms with Crippen LogP contribution in [-0.4, -0.2) is 118 Å². The van der Waals surface area contributed by atoms with E-state index < -0.39 is 78.2 Å². The normalized spacial score (nSPS) is 29.5. The van der Waals surface area contributed by atoms with Crippen molar-refractivity contribution >= 4 is 5.97 Å². The van der Waals surface area contributed by atoms with Crippen molar-refractivity contribution < 1.29 is 50.8 Å². The highest BCUT2D eigenvalue weighted by molar-refractivity contribution is 5.67. The summed E-state index contributed by atoms with van der Waals surface area (Å²) in [7, 11) is 0. The number of aryl methyl sites for hydroxylation is 1. The van der Waals surface area contributed by atoms with Crippen LogP contribution in [-0.2, 0) is 30.5 Å². The molecule has 4 aliphatic rings. The lowest BCUT2D eigenvalue weighted by atomic mass is 9.69. The van der Waals surface area contributed by atoms with Gasteiger partial charge in [-0.25, -0.2) is 0 Å². The Bertz CT molecular complexity index is 2210. The van der Waals surface area contributed by atoms with Gasteiger partial charge >= 0.3 is 5.97 Å². The Balaban J connectivity index is 1.63. The van der Waals surface area contributed by atoms with Gasteiger partial charge in [0.05, 0.1) is 54.7 Å². The Hall–Kier alpha value is -4.39. The van der Waals surface area contributed by atoms with Crippen LogP contribution in [0.1, 0.15) is 119 Å². The molecule has 7 rings (SSSR count). The summed E-state index contributed by atoms with van der Waals surface area (Å²) < 4.78 is 0. The van der Waals surface area contributed by atoms with Crippen molar-refractivity contribution in [2.75, 3.05) is 6.61 Å². The van der Waals surface area contributed by atoms with E-state index in [9.17, 15) is 50.8 Å². The second-order valence-corrected chi connectivity index (χ2v) is 20.2. The van der Waals surface area contributed by atoms with E-state index in [0.717, 1.165) is 46.2 Å². The molecule has 12 atom stereocenters. The molecule has 68 heavy (non-hydrogen) atoms. The first-order chi connectivity index (χ1) is 32.5. The summed E-state index contributed by atoms with van der Waals surface area (Å²) in [5.41, 5.74) is 2.80. The van der Waals surface area contributed by atoms with Crippen LogP contribution in [0.15, 0.2) is 96.1 Å². The molecule has 0 radical (unpaired) electrons. The molecule has 0 aliphatic carbocycles. The molecular formula is C56H76N2O10. The number of hydrogen-bond donors (Lipinski definition) is 11. The molecule has 12 nitrogen and oxygen atoms in total. The highest BCUT2D eigenvalue weighted by Crippen LogP contribution is 2.40. The Labute approximate surface area is 402 Å². The number of aromatic hydroxyl groups is 1. The van der Waals surface area contributed by atoms with E-state index >= 15 is 0 Å². The third-order valence-corrected chi connectivity index (χ3v) is 15.0. The molecular weight excluding hydrogens is 861 g/mol. The molecule has 1 fully saturated rings. The molecule has 3 aromatic rings. The van der Waals surface area contributed by atoms with Crippen LogP contribution < -0.4 is 10.6 Å². The van der Waals surface area contributed by atoms with Gasteiger partial charge in [-0.1, -0.05) is 98.4 Å². The third kappa shape index (κ3) is 13.9. The minimum Gasteiger partial charge on any atom is -0.508 e. The molecule has 0 saturated carbocycles. The number of rotatable bonds is 14. The summed E-state index contributed by atoms with van der Waals surface area (Å²) >= 11 is 0. The summed E-state index contributed by atoms with van der Waals surface area (Å²) in [4.78, 5) is 12.6. The molecule has 11 N–H and O–H groups in total. The number of carboxylic acid groups (broad SMARTS) is 1. The van der Waals surface area contributed by atoms with Gasteiger partial charge in [-0.2, -0.15) is 0 Å². The maximum absolute atomic E-state index is 13.4. The number of hydrogen-bond acceptors (Lipinski definition) is 11. The SMILES string of the molecule is CCCC[C@H](O)[C@H](O)/C=C/C1=C(\C[C@H](O)CO)[C@H]2CC[C@@H](O)[C@@H]3N[C@@H](C)CC[C@H]([C@H]3CC(=O)O)[C@H](O)Cc3ccc(cc3)C[C@@]([C@@](C)(O)Cc3ccc(O)cc3)(CC#Cc3ccccc3CC1)N2. The largest absolute Gasteiger partial charge is 0.508 e. The lowest BCUT2D eigenvalue weighted by Gasteiger charge is -2.49. The van der Waals surface area contributed by atoms with E-state index in [0.29, 0.717) is 37.7 Å². The number of carbonyl (C=O) groups is 1. The molecule has 3 aromatic carbocycles. The number of phenolic OH excluding ortho intramolecular Hbond substituents is 1. The van der Waals surface area contributed by atoms with Crippen LogP contribution in [0.2, 0.25) is 0 Å². The summed E-state index contributed by atoms with van der Waals surface area (Å²) in [6.07, 6.45) is 2.98. The molecule has 1 saturated heterocycles. The number of nitrogens with one attached hydrogen (secondary N) is 2. The number of unbranched alkanes of at least 4 members (excludes halogenated alkanes) is 1. The first kappa shape index (κ1) is 53.0. The topological polar surface area (TPSA) is 223 Å². The van der Waals surface area contributed by atoms with Gasteiger partial charge in [0.1, 0.15) is 5.75 Å². The molecule has 4 heterocycles. The van der Waals surface area contributed by atoms with Crippen LogP contribution in [0.4, 0.5) is 0 Å². The summed E-state index contributed by atoms with van der Waals surface area (Å²) in [6, 6.07) is 21.0. The van der Waals surface area contributed by atoms with E-state index in [-0.39, 0.29) is 63.2 Å².